The van der Waals surface area contributed by atoms with Crippen LogP contribution in [0.15, 0.2) is 40.9 Å². The summed E-state index contributed by atoms with van der Waals surface area (Å²) in [6.45, 7) is 0. The minimum absolute atomic E-state index is 0.0254. The quantitative estimate of drug-likeness (QED) is 0.844. The molecule has 98 valence electrons. The highest BCUT2D eigenvalue weighted by Crippen LogP contribution is 2.21. The van der Waals surface area contributed by atoms with Gasteiger partial charge in [-0.1, -0.05) is 11.6 Å². The molecule has 2 rings (SSSR count). The lowest BCUT2D eigenvalue weighted by molar-refractivity contribution is 0.102. The smallest absolute Gasteiger partial charge is 0.255 e. The van der Waals surface area contributed by atoms with E-state index >= 15 is 0 Å². The van der Waals surface area contributed by atoms with Crippen LogP contribution in [-0.2, 0) is 0 Å². The van der Waals surface area contributed by atoms with Crippen LogP contribution < -0.4 is 5.32 Å². The van der Waals surface area contributed by atoms with Crippen molar-refractivity contribution in [1.82, 2.24) is 0 Å². The van der Waals surface area contributed by atoms with Crippen molar-refractivity contribution in [2.45, 2.75) is 0 Å². The summed E-state index contributed by atoms with van der Waals surface area (Å²) in [5.41, 5.74) is 0.524. The number of halogens is 4. The van der Waals surface area contributed by atoms with E-state index in [1.54, 1.807) is 0 Å². The van der Waals surface area contributed by atoms with Crippen molar-refractivity contribution in [1.29, 1.82) is 0 Å². The van der Waals surface area contributed by atoms with Crippen LogP contribution in [0.5, 0.6) is 0 Å². The van der Waals surface area contributed by atoms with Gasteiger partial charge in [0.15, 0.2) is 0 Å². The van der Waals surface area contributed by atoms with Gasteiger partial charge in [-0.3, -0.25) is 4.79 Å². The molecule has 2 aromatic carbocycles. The second-order valence-electron chi connectivity index (χ2n) is 3.71. The van der Waals surface area contributed by atoms with Crippen molar-refractivity contribution in [3.63, 3.8) is 0 Å². The van der Waals surface area contributed by atoms with Crippen LogP contribution in [0.3, 0.4) is 0 Å². The number of hydrogen-bond acceptors (Lipinski definition) is 1. The highest BCUT2D eigenvalue weighted by molar-refractivity contribution is 9.10. The van der Waals surface area contributed by atoms with Gasteiger partial charge in [-0.25, -0.2) is 8.78 Å². The number of carbonyl (C=O) groups is 1. The average molecular weight is 347 g/mol. The molecule has 0 saturated heterocycles. The fourth-order valence-electron chi connectivity index (χ4n) is 1.41. The fourth-order valence-corrected chi connectivity index (χ4v) is 1.91. The number of rotatable bonds is 2. The second-order valence-corrected chi connectivity index (χ2v) is 4.97. The van der Waals surface area contributed by atoms with E-state index in [4.69, 9.17) is 11.6 Å². The molecule has 0 aliphatic carbocycles. The first-order valence-electron chi connectivity index (χ1n) is 5.19. The van der Waals surface area contributed by atoms with E-state index in [0.717, 1.165) is 6.07 Å². The summed E-state index contributed by atoms with van der Waals surface area (Å²) in [7, 11) is 0. The fraction of sp³-hybridized carbons (Fsp3) is 0. The molecule has 0 fully saturated rings. The van der Waals surface area contributed by atoms with Crippen LogP contribution >= 0.6 is 27.5 Å². The zero-order valence-electron chi connectivity index (χ0n) is 9.38. The lowest BCUT2D eigenvalue weighted by Crippen LogP contribution is -2.12. The maximum absolute atomic E-state index is 13.2. The van der Waals surface area contributed by atoms with Crippen LogP contribution in [0.1, 0.15) is 10.4 Å². The summed E-state index contributed by atoms with van der Waals surface area (Å²) in [5, 5.41) is 2.47. The minimum atomic E-state index is -0.625. The Balaban J connectivity index is 2.20. The maximum Gasteiger partial charge on any atom is 0.255 e. The van der Waals surface area contributed by atoms with Gasteiger partial charge < -0.3 is 5.32 Å². The summed E-state index contributed by atoms with van der Waals surface area (Å²) in [4.78, 5) is 11.9. The van der Waals surface area contributed by atoms with Gasteiger partial charge in [0.05, 0.1) is 9.50 Å². The molecule has 2 aromatic rings. The third-order valence-electron chi connectivity index (χ3n) is 2.36. The summed E-state index contributed by atoms with van der Waals surface area (Å²) in [6.07, 6.45) is 0. The van der Waals surface area contributed by atoms with Crippen molar-refractivity contribution in [3.8, 4) is 0 Å². The average Bonchev–Trinajstić information content (AvgIpc) is 2.37. The first-order chi connectivity index (χ1) is 8.97. The van der Waals surface area contributed by atoms with Crippen LogP contribution in [0.2, 0.25) is 5.02 Å². The molecule has 0 saturated carbocycles. The van der Waals surface area contributed by atoms with Crippen molar-refractivity contribution in [2.24, 2.45) is 0 Å². The number of amides is 1. The van der Waals surface area contributed by atoms with Gasteiger partial charge in [-0.15, -0.1) is 0 Å². The van der Waals surface area contributed by atoms with E-state index < -0.39 is 17.5 Å². The Bertz CT molecular complexity index is 649. The molecular weight excluding hydrogens is 340 g/mol. The third-order valence-corrected chi connectivity index (χ3v) is 3.27. The molecule has 19 heavy (non-hydrogen) atoms. The Morgan fingerprint density at radius 3 is 2.47 bits per heavy atom. The third kappa shape index (κ3) is 3.30. The molecule has 0 spiro atoms. The summed E-state index contributed by atoms with van der Waals surface area (Å²) in [5.74, 6) is -1.56. The summed E-state index contributed by atoms with van der Waals surface area (Å²) >= 11 is 8.53. The molecule has 1 N–H and O–H groups in total. The Labute approximate surface area is 121 Å². The van der Waals surface area contributed by atoms with E-state index in [1.807, 2.05) is 0 Å². The lowest BCUT2D eigenvalue weighted by atomic mass is 10.2. The Morgan fingerprint density at radius 1 is 1.11 bits per heavy atom. The molecule has 0 bridgehead atoms. The van der Waals surface area contributed by atoms with Gasteiger partial charge >= 0.3 is 0 Å². The molecule has 0 radical (unpaired) electrons. The molecule has 0 unspecified atom stereocenters. The van der Waals surface area contributed by atoms with Gasteiger partial charge in [0.25, 0.3) is 5.91 Å². The van der Waals surface area contributed by atoms with Crippen LogP contribution in [0.4, 0.5) is 14.5 Å². The monoisotopic (exact) mass is 345 g/mol. The van der Waals surface area contributed by atoms with Crippen LogP contribution in [0.25, 0.3) is 0 Å². The largest absolute Gasteiger partial charge is 0.322 e. The zero-order chi connectivity index (χ0) is 14.0. The van der Waals surface area contributed by atoms with E-state index in [2.05, 4.69) is 21.2 Å². The number of carbonyl (C=O) groups excluding carboxylic acids is 1. The number of benzene rings is 2. The predicted molar refractivity (Wildman–Crippen MR) is 73.5 cm³/mol. The van der Waals surface area contributed by atoms with Crippen molar-refractivity contribution in [3.05, 3.63) is 63.1 Å². The standard InChI is InChI=1S/C13H7BrClF2NO/c14-9-5-7(1-4-11(9)16)13(19)18-8-2-3-10(15)12(17)6-8/h1-6H,(H,18,19). The normalized spacial score (nSPS) is 10.3. The number of anilines is 1. The number of nitrogens with one attached hydrogen (secondary N) is 1. The molecule has 0 heterocycles. The van der Waals surface area contributed by atoms with Gasteiger partial charge in [0, 0.05) is 11.3 Å². The molecule has 0 aromatic heterocycles. The van der Waals surface area contributed by atoms with Gasteiger partial charge in [0.1, 0.15) is 11.6 Å². The zero-order valence-corrected chi connectivity index (χ0v) is 11.7. The van der Waals surface area contributed by atoms with E-state index in [0.29, 0.717) is 0 Å². The van der Waals surface area contributed by atoms with Gasteiger partial charge in [-0.05, 0) is 52.3 Å². The molecule has 1 amide bonds. The summed E-state index contributed by atoms with van der Waals surface area (Å²) in [6, 6.07) is 7.77. The molecule has 0 aliphatic heterocycles. The molecule has 0 atom stereocenters. The van der Waals surface area contributed by atoms with Crippen molar-refractivity contribution >= 4 is 39.1 Å². The van der Waals surface area contributed by atoms with Crippen molar-refractivity contribution < 1.29 is 13.6 Å². The van der Waals surface area contributed by atoms with Gasteiger partial charge in [-0.2, -0.15) is 0 Å². The Kier molecular flexibility index (Phi) is 4.17. The molecule has 6 heteroatoms. The van der Waals surface area contributed by atoms with E-state index in [9.17, 15) is 13.6 Å². The maximum atomic E-state index is 13.2. The summed E-state index contributed by atoms with van der Waals surface area (Å²) < 4.78 is 26.4. The second kappa shape index (κ2) is 5.67. The number of hydrogen-bond donors (Lipinski definition) is 1. The minimum Gasteiger partial charge on any atom is -0.322 e. The topological polar surface area (TPSA) is 29.1 Å². The first-order valence-corrected chi connectivity index (χ1v) is 6.36. The van der Waals surface area contributed by atoms with E-state index in [1.165, 1.54) is 30.3 Å². The van der Waals surface area contributed by atoms with Crippen LogP contribution in [0, 0.1) is 11.6 Å². The highest BCUT2D eigenvalue weighted by atomic mass is 79.9. The Hall–Kier alpha value is -1.46. The first kappa shape index (κ1) is 14.0. The van der Waals surface area contributed by atoms with Crippen molar-refractivity contribution in [2.75, 3.05) is 5.32 Å². The molecular formula is C13H7BrClF2NO. The predicted octanol–water partition coefficient (Wildman–Crippen LogP) is 4.63. The lowest BCUT2D eigenvalue weighted by Gasteiger charge is -2.06. The van der Waals surface area contributed by atoms with Gasteiger partial charge in [0.2, 0.25) is 0 Å². The molecule has 0 aliphatic rings. The Morgan fingerprint density at radius 2 is 1.84 bits per heavy atom. The van der Waals surface area contributed by atoms with E-state index in [-0.39, 0.29) is 20.7 Å². The highest BCUT2D eigenvalue weighted by Gasteiger charge is 2.10. The SMILES string of the molecule is O=C(Nc1ccc(Cl)c(F)c1)c1ccc(F)c(Br)c1. The molecule has 2 nitrogen and oxygen atoms in total. The van der Waals surface area contributed by atoms with Crippen LogP contribution in [-0.4, -0.2) is 5.91 Å².